The zero-order chi connectivity index (χ0) is 28.8. The minimum absolute atomic E-state index is 0.00414. The Morgan fingerprint density at radius 1 is 0.659 bits per heavy atom. The van der Waals surface area contributed by atoms with Crippen LogP contribution in [0.2, 0.25) is 0 Å². The molecule has 4 aromatic rings. The van der Waals surface area contributed by atoms with Gasteiger partial charge in [-0.15, -0.1) is 0 Å². The van der Waals surface area contributed by atoms with Gasteiger partial charge in [0, 0.05) is 35.2 Å². The van der Waals surface area contributed by atoms with Crippen LogP contribution in [0.15, 0.2) is 60.7 Å². The molecule has 0 radical (unpaired) electrons. The first-order valence-corrected chi connectivity index (χ1v) is 12.7. The second-order valence-corrected chi connectivity index (χ2v) is 10.4. The summed E-state index contributed by atoms with van der Waals surface area (Å²) in [5.74, 6) is -4.77. The van der Waals surface area contributed by atoms with Crippen LogP contribution in [0, 0.1) is 0 Å². The number of phenolic OH excluding ortho intramolecular Hbond substituents is 6. The van der Waals surface area contributed by atoms with Crippen molar-refractivity contribution in [2.45, 2.75) is 36.4 Å². The van der Waals surface area contributed by atoms with E-state index in [9.17, 15) is 40.9 Å². The number of aliphatic hydroxyl groups excluding tert-OH is 2. The fourth-order valence-electron chi connectivity index (χ4n) is 6.03. The van der Waals surface area contributed by atoms with E-state index in [1.807, 2.05) is 0 Å². The van der Waals surface area contributed by atoms with Crippen LogP contribution in [-0.2, 0) is 12.2 Å². The van der Waals surface area contributed by atoms with E-state index < -0.39 is 41.5 Å². The summed E-state index contributed by atoms with van der Waals surface area (Å²) in [4.78, 5) is 0. The molecule has 3 aliphatic rings. The van der Waals surface area contributed by atoms with Crippen LogP contribution < -0.4 is 14.2 Å². The first-order chi connectivity index (χ1) is 19.6. The third kappa shape index (κ3) is 3.52. The van der Waals surface area contributed by atoms with E-state index in [2.05, 4.69) is 0 Å². The summed E-state index contributed by atoms with van der Waals surface area (Å²) in [5.41, 5.74) is 1.63. The molecule has 4 aromatic carbocycles. The molecule has 0 saturated heterocycles. The van der Waals surface area contributed by atoms with Crippen molar-refractivity contribution in [2.75, 3.05) is 0 Å². The molecule has 0 amide bonds. The summed E-state index contributed by atoms with van der Waals surface area (Å²) in [6.45, 7) is 0. The van der Waals surface area contributed by atoms with E-state index in [-0.39, 0.29) is 57.8 Å². The standard InChI is InChI=1S/C30H24O11/c31-15-10-20(36)24-23(11-15)41-30(14-3-5-17(33)19(35)9-14)29(38)26(24)25-22(40-30)6-2-13-8-21(37)27(39-28(13)25)12-1-4-16(32)18(34)7-12/h1-7,9-11,21,26-27,29,31-38H,8H2/t21-,26+,27+,29+,30+/m0/s1. The maximum Gasteiger partial charge on any atom is 0.305 e. The summed E-state index contributed by atoms with van der Waals surface area (Å²) < 4.78 is 18.8. The molecule has 0 aliphatic carbocycles. The van der Waals surface area contributed by atoms with Crippen LogP contribution in [0.4, 0.5) is 0 Å². The minimum atomic E-state index is -1.97. The number of phenols is 6. The second-order valence-electron chi connectivity index (χ2n) is 10.4. The van der Waals surface area contributed by atoms with E-state index in [1.165, 1.54) is 42.5 Å². The summed E-state index contributed by atoms with van der Waals surface area (Å²) in [6, 6.07) is 13.6. The molecule has 11 nitrogen and oxygen atoms in total. The predicted molar refractivity (Wildman–Crippen MR) is 140 cm³/mol. The van der Waals surface area contributed by atoms with Crippen LogP contribution in [0.5, 0.6) is 51.7 Å². The summed E-state index contributed by atoms with van der Waals surface area (Å²) >= 11 is 0. The van der Waals surface area contributed by atoms with Crippen molar-refractivity contribution in [3.8, 4) is 51.7 Å². The Balaban J connectivity index is 1.45. The molecule has 41 heavy (non-hydrogen) atoms. The molecule has 0 spiro atoms. The SMILES string of the molecule is Oc1cc(O)c2c(c1)O[C@@]1(c3ccc(O)c(O)c3)Oc3ccc4c(c3[C@@H]2[C@H]1O)O[C@H](c1ccc(O)c(O)c1)[C@@H](O)C4. The van der Waals surface area contributed by atoms with Gasteiger partial charge < -0.3 is 55.1 Å². The van der Waals surface area contributed by atoms with E-state index in [4.69, 9.17) is 14.2 Å². The molecule has 0 unspecified atom stereocenters. The van der Waals surface area contributed by atoms with Crippen molar-refractivity contribution < 1.29 is 55.1 Å². The zero-order valence-corrected chi connectivity index (χ0v) is 21.1. The van der Waals surface area contributed by atoms with E-state index >= 15 is 0 Å². The van der Waals surface area contributed by atoms with Gasteiger partial charge in [-0.2, -0.15) is 0 Å². The molecule has 8 N–H and O–H groups in total. The number of rotatable bonds is 2. The van der Waals surface area contributed by atoms with Gasteiger partial charge >= 0.3 is 5.79 Å². The lowest BCUT2D eigenvalue weighted by molar-refractivity contribution is -0.219. The predicted octanol–water partition coefficient (Wildman–Crippen LogP) is 3.09. The highest BCUT2D eigenvalue weighted by Crippen LogP contribution is 2.61. The van der Waals surface area contributed by atoms with E-state index in [0.29, 0.717) is 16.7 Å². The molecule has 7 rings (SSSR count). The lowest BCUT2D eigenvalue weighted by atomic mass is 9.74. The minimum Gasteiger partial charge on any atom is -0.508 e. The molecule has 5 atom stereocenters. The molecule has 0 saturated carbocycles. The molecule has 2 bridgehead atoms. The molecule has 0 fully saturated rings. The molecule has 3 heterocycles. The fourth-order valence-corrected chi connectivity index (χ4v) is 6.03. The molecule has 210 valence electrons. The lowest BCUT2D eigenvalue weighted by Crippen LogP contribution is -2.57. The van der Waals surface area contributed by atoms with Gasteiger partial charge in [0.25, 0.3) is 0 Å². The van der Waals surface area contributed by atoms with Crippen LogP contribution in [0.1, 0.15) is 39.8 Å². The monoisotopic (exact) mass is 560 g/mol. The third-order valence-electron chi connectivity index (χ3n) is 7.92. The number of ether oxygens (including phenoxy) is 3. The molecule has 3 aliphatic heterocycles. The Hall–Kier alpha value is -5.00. The highest BCUT2D eigenvalue weighted by atomic mass is 16.7. The number of fused-ring (bicyclic) bond motifs is 8. The van der Waals surface area contributed by atoms with Crippen LogP contribution >= 0.6 is 0 Å². The topological polar surface area (TPSA) is 190 Å². The van der Waals surface area contributed by atoms with Crippen molar-refractivity contribution >= 4 is 0 Å². The van der Waals surface area contributed by atoms with Crippen LogP contribution in [-0.4, -0.2) is 53.1 Å². The number of aromatic hydroxyl groups is 6. The van der Waals surface area contributed by atoms with Gasteiger partial charge in [-0.05, 0) is 47.5 Å². The van der Waals surface area contributed by atoms with Gasteiger partial charge in [-0.1, -0.05) is 12.1 Å². The fraction of sp³-hybridized carbons (Fsp3) is 0.200. The van der Waals surface area contributed by atoms with Crippen molar-refractivity contribution in [1.82, 2.24) is 0 Å². The summed E-state index contributed by atoms with van der Waals surface area (Å²) in [7, 11) is 0. The van der Waals surface area contributed by atoms with E-state index in [1.54, 1.807) is 12.1 Å². The van der Waals surface area contributed by atoms with Gasteiger partial charge in [0.05, 0.1) is 12.0 Å². The zero-order valence-electron chi connectivity index (χ0n) is 21.1. The lowest BCUT2D eigenvalue weighted by Gasteiger charge is -2.50. The smallest absolute Gasteiger partial charge is 0.305 e. The Morgan fingerprint density at radius 3 is 2.10 bits per heavy atom. The average molecular weight is 561 g/mol. The Labute approximate surface area is 231 Å². The quantitative estimate of drug-likeness (QED) is 0.168. The second kappa shape index (κ2) is 8.50. The Bertz CT molecular complexity index is 1730. The number of benzene rings is 4. The third-order valence-corrected chi connectivity index (χ3v) is 7.92. The first kappa shape index (κ1) is 25.0. The normalized spacial score (nSPS) is 25.5. The molecule has 0 aromatic heterocycles. The van der Waals surface area contributed by atoms with Gasteiger partial charge in [0.1, 0.15) is 41.0 Å². The summed E-state index contributed by atoms with van der Waals surface area (Å²) in [5, 5.41) is 84.0. The van der Waals surface area contributed by atoms with Gasteiger partial charge in [0.2, 0.25) is 0 Å². The van der Waals surface area contributed by atoms with E-state index in [0.717, 1.165) is 6.07 Å². The van der Waals surface area contributed by atoms with Gasteiger partial charge in [-0.3, -0.25) is 0 Å². The Kier molecular flexibility index (Phi) is 5.18. The highest BCUT2D eigenvalue weighted by Gasteiger charge is 2.59. The van der Waals surface area contributed by atoms with Crippen molar-refractivity contribution in [2.24, 2.45) is 0 Å². The Morgan fingerprint density at radius 2 is 1.37 bits per heavy atom. The molecular formula is C30H24O11. The van der Waals surface area contributed by atoms with Crippen molar-refractivity contribution in [3.63, 3.8) is 0 Å². The molecular weight excluding hydrogens is 536 g/mol. The number of hydrogen-bond donors (Lipinski definition) is 8. The van der Waals surface area contributed by atoms with Gasteiger partial charge in [0.15, 0.2) is 23.0 Å². The first-order valence-electron chi connectivity index (χ1n) is 12.7. The maximum atomic E-state index is 11.9. The summed E-state index contributed by atoms with van der Waals surface area (Å²) in [6.07, 6.45) is -3.39. The average Bonchev–Trinajstić information content (AvgIpc) is 2.91. The highest BCUT2D eigenvalue weighted by molar-refractivity contribution is 5.65. The number of aliphatic hydroxyl groups is 2. The number of hydrogen-bond acceptors (Lipinski definition) is 11. The molecule has 11 heteroatoms. The van der Waals surface area contributed by atoms with Gasteiger partial charge in [-0.25, -0.2) is 0 Å². The van der Waals surface area contributed by atoms with Crippen LogP contribution in [0.25, 0.3) is 0 Å². The largest absolute Gasteiger partial charge is 0.508 e. The van der Waals surface area contributed by atoms with Crippen molar-refractivity contribution in [3.05, 3.63) is 88.5 Å². The van der Waals surface area contributed by atoms with Crippen molar-refractivity contribution in [1.29, 1.82) is 0 Å². The van der Waals surface area contributed by atoms with Crippen LogP contribution in [0.3, 0.4) is 0 Å². The maximum absolute atomic E-state index is 11.9.